The summed E-state index contributed by atoms with van der Waals surface area (Å²) in [5.41, 5.74) is 15.4. The number of aromatic amines is 2. The molecule has 1 amide bonds. The molecule has 4 aromatic heterocycles. The summed E-state index contributed by atoms with van der Waals surface area (Å²) in [5, 5.41) is 13.1. The molecule has 9 nitrogen and oxygen atoms in total. The first kappa shape index (κ1) is 37.9. The Morgan fingerprint density at radius 1 is 0.548 bits per heavy atom. The minimum Gasteiger partial charge on any atom is -0.503 e. The predicted molar refractivity (Wildman–Crippen MR) is 251 cm³/mol. The number of pyridine rings is 1. The number of hydrogen-bond donors (Lipinski definition) is 4. The number of aromatic nitrogens is 5. The number of anilines is 1. The largest absolute Gasteiger partial charge is 0.503 e. The van der Waals surface area contributed by atoms with E-state index in [-0.39, 0.29) is 18.1 Å². The molecule has 0 atom stereocenters. The lowest BCUT2D eigenvalue weighted by Crippen LogP contribution is -2.16. The van der Waals surface area contributed by atoms with E-state index < -0.39 is 5.43 Å². The van der Waals surface area contributed by atoms with Crippen LogP contribution in [0.3, 0.4) is 0 Å². The summed E-state index contributed by atoms with van der Waals surface area (Å²) in [6, 6.07) is 48.5. The second kappa shape index (κ2) is 16.0. The van der Waals surface area contributed by atoms with Gasteiger partial charge in [-0.15, -0.1) is 0 Å². The monoisotopic (exact) mass is 808 g/mol. The van der Waals surface area contributed by atoms with Crippen LogP contribution < -0.4 is 10.7 Å². The average Bonchev–Trinajstić information content (AvgIpc) is 4.16. The number of hydrogen-bond acceptors (Lipinski definition) is 5. The molecule has 300 valence electrons. The van der Waals surface area contributed by atoms with E-state index in [0.29, 0.717) is 17.9 Å². The second-order valence-electron chi connectivity index (χ2n) is 15.3. The molecule has 9 heteroatoms. The summed E-state index contributed by atoms with van der Waals surface area (Å²) < 4.78 is 1.70. The molecule has 2 aliphatic rings. The van der Waals surface area contributed by atoms with Gasteiger partial charge >= 0.3 is 0 Å². The molecular formula is C53H40N6O3. The Hall–Kier alpha value is -8.30. The van der Waals surface area contributed by atoms with Crippen LogP contribution in [0.2, 0.25) is 0 Å². The molecule has 4 N–H and O–H groups in total. The van der Waals surface area contributed by atoms with Crippen LogP contribution in [0.1, 0.15) is 34.9 Å². The number of rotatable bonds is 8. The van der Waals surface area contributed by atoms with E-state index in [9.17, 15) is 14.7 Å². The smallest absolute Gasteiger partial charge is 0.226 e. The van der Waals surface area contributed by atoms with Gasteiger partial charge in [-0.2, -0.15) is 0 Å². The summed E-state index contributed by atoms with van der Waals surface area (Å²) in [7, 11) is 0. The van der Waals surface area contributed by atoms with Crippen molar-refractivity contribution in [3.8, 4) is 50.3 Å². The highest BCUT2D eigenvalue weighted by Crippen LogP contribution is 2.38. The quantitative estimate of drug-likeness (QED) is 0.121. The molecule has 4 aromatic carbocycles. The third kappa shape index (κ3) is 7.22. The first-order chi connectivity index (χ1) is 30.4. The number of fused-ring (bicyclic) bond motifs is 8. The van der Waals surface area contributed by atoms with Crippen LogP contribution in [0.5, 0.6) is 5.75 Å². The lowest BCUT2D eigenvalue weighted by atomic mass is 10.0. The fourth-order valence-corrected chi connectivity index (χ4v) is 8.31. The highest BCUT2D eigenvalue weighted by atomic mass is 16.3. The molecule has 62 heavy (non-hydrogen) atoms. The van der Waals surface area contributed by atoms with Gasteiger partial charge in [0.05, 0.1) is 28.5 Å². The Morgan fingerprint density at radius 3 is 1.34 bits per heavy atom. The molecule has 10 rings (SSSR count). The van der Waals surface area contributed by atoms with Crippen LogP contribution in [0, 0.1) is 6.92 Å². The van der Waals surface area contributed by atoms with Crippen LogP contribution >= 0.6 is 0 Å². The van der Waals surface area contributed by atoms with Crippen molar-refractivity contribution in [2.45, 2.75) is 19.9 Å². The minimum absolute atomic E-state index is 0.155. The van der Waals surface area contributed by atoms with Gasteiger partial charge in [0.2, 0.25) is 11.3 Å². The molecule has 0 fully saturated rings. The summed E-state index contributed by atoms with van der Waals surface area (Å²) in [6.45, 7) is 1.96. The summed E-state index contributed by atoms with van der Waals surface area (Å²) >= 11 is 0. The molecule has 6 heterocycles. The van der Waals surface area contributed by atoms with Gasteiger partial charge in [-0.3, -0.25) is 9.59 Å². The number of nitrogens with zero attached hydrogens (tertiary/aromatic N) is 3. The number of amides is 1. The van der Waals surface area contributed by atoms with Gasteiger partial charge in [0.25, 0.3) is 0 Å². The maximum Gasteiger partial charge on any atom is 0.226 e. The van der Waals surface area contributed by atoms with Gasteiger partial charge < -0.3 is 25.0 Å². The molecule has 0 spiro atoms. The first-order valence-electron chi connectivity index (χ1n) is 20.5. The lowest BCUT2D eigenvalue weighted by molar-refractivity contribution is -0.116. The highest BCUT2D eigenvalue weighted by Gasteiger charge is 2.19. The van der Waals surface area contributed by atoms with Gasteiger partial charge in [-0.25, -0.2) is 9.97 Å². The molecule has 0 unspecified atom stereocenters. The highest BCUT2D eigenvalue weighted by molar-refractivity contribution is 6.00. The summed E-state index contributed by atoms with van der Waals surface area (Å²) in [4.78, 5) is 43.2. The number of benzene rings is 4. The van der Waals surface area contributed by atoms with E-state index in [1.807, 2.05) is 66.7 Å². The number of carbonyl (C=O) groups excluding carboxylic acids is 1. The van der Waals surface area contributed by atoms with Crippen molar-refractivity contribution < 1.29 is 9.90 Å². The average molecular weight is 809 g/mol. The zero-order valence-corrected chi connectivity index (χ0v) is 33.8. The van der Waals surface area contributed by atoms with Crippen molar-refractivity contribution in [3.63, 3.8) is 0 Å². The normalized spacial score (nSPS) is 11.8. The van der Waals surface area contributed by atoms with Crippen molar-refractivity contribution in [2.24, 2.45) is 0 Å². The fraction of sp³-hybridized carbons (Fsp3) is 0.0566. The molecular weight excluding hydrogens is 769 g/mol. The predicted octanol–water partition coefficient (Wildman–Crippen LogP) is 11.5. The molecule has 0 saturated carbocycles. The maximum absolute atomic E-state index is 13.1. The Bertz CT molecular complexity index is 3270. The van der Waals surface area contributed by atoms with Crippen LogP contribution in [0.25, 0.3) is 90.9 Å². The standard InChI is InChI=1S/C53H40N6O3/c1-33-53(62)47(60)29-31-59(33)32-30-48(61)54-38-19-17-37(18-20-38)52-45-27-25-43(57-45)50(35-13-7-3-8-14-35)41-23-21-39(55-41)49(34-11-5-2-6-12-34)40-22-24-42(56-40)51(36-15-9-4-10-16-36)44-26-28-46(52)58-44/h2-29,31,55,58,62H,30,32H2,1H3,(H,54,61). The van der Waals surface area contributed by atoms with Gasteiger partial charge in [-0.05, 0) is 89.9 Å². The SMILES string of the molecule is Cc1c(O)c(=O)ccn1CCC(=O)Nc1ccc(-c2c3nc(c(-c4ccccc4)c4ccc([nH]4)c(-c4ccccc4)c4nc(c(-c5ccccc5)c5ccc2[nH]5)C=C4)C=C3)cc1. The van der Waals surface area contributed by atoms with Gasteiger partial charge in [0, 0.05) is 75.2 Å². The van der Waals surface area contributed by atoms with Crippen LogP contribution in [-0.4, -0.2) is 35.5 Å². The summed E-state index contributed by atoms with van der Waals surface area (Å²) in [5.74, 6) is -0.498. The topological polar surface area (TPSA) is 129 Å². The number of H-pyrrole nitrogens is 2. The van der Waals surface area contributed by atoms with Gasteiger partial charge in [-0.1, -0.05) is 103 Å². The van der Waals surface area contributed by atoms with Crippen molar-refractivity contribution in [2.75, 3.05) is 5.32 Å². The van der Waals surface area contributed by atoms with E-state index in [2.05, 4.69) is 112 Å². The number of aryl methyl sites for hydroxylation is 1. The Kier molecular flexibility index (Phi) is 9.82. The van der Waals surface area contributed by atoms with Crippen molar-refractivity contribution in [1.82, 2.24) is 24.5 Å². The minimum atomic E-state index is -0.444. The fourth-order valence-electron chi connectivity index (χ4n) is 8.31. The van der Waals surface area contributed by atoms with E-state index in [1.54, 1.807) is 17.7 Å². The van der Waals surface area contributed by atoms with Crippen LogP contribution in [0.15, 0.2) is 157 Å². The molecule has 0 radical (unpaired) electrons. The van der Waals surface area contributed by atoms with Crippen molar-refractivity contribution in [3.05, 3.63) is 190 Å². The Balaban J connectivity index is 1.17. The molecule has 8 aromatic rings. The van der Waals surface area contributed by atoms with E-state index >= 15 is 0 Å². The van der Waals surface area contributed by atoms with E-state index in [1.165, 1.54) is 6.07 Å². The van der Waals surface area contributed by atoms with Gasteiger partial charge in [0.15, 0.2) is 5.75 Å². The second-order valence-corrected chi connectivity index (χ2v) is 15.3. The zero-order chi connectivity index (χ0) is 42.2. The van der Waals surface area contributed by atoms with Crippen molar-refractivity contribution in [1.29, 1.82) is 0 Å². The lowest BCUT2D eigenvalue weighted by Gasteiger charge is -2.12. The third-order valence-electron chi connectivity index (χ3n) is 11.4. The molecule has 8 bridgehead atoms. The van der Waals surface area contributed by atoms with E-state index in [0.717, 1.165) is 89.4 Å². The molecule has 2 aliphatic heterocycles. The molecule has 0 saturated heterocycles. The number of carbonyl (C=O) groups is 1. The molecule has 0 aliphatic carbocycles. The Labute approximate surface area is 357 Å². The number of nitrogens with one attached hydrogen (secondary N) is 3. The zero-order valence-electron chi connectivity index (χ0n) is 33.8. The summed E-state index contributed by atoms with van der Waals surface area (Å²) in [6.07, 6.45) is 10.1. The third-order valence-corrected chi connectivity index (χ3v) is 11.4. The number of aromatic hydroxyl groups is 1. The Morgan fingerprint density at radius 2 is 0.935 bits per heavy atom. The maximum atomic E-state index is 13.1. The van der Waals surface area contributed by atoms with Crippen LogP contribution in [0.4, 0.5) is 5.69 Å². The van der Waals surface area contributed by atoms with Crippen LogP contribution in [-0.2, 0) is 11.3 Å². The van der Waals surface area contributed by atoms with E-state index in [4.69, 9.17) is 9.97 Å². The first-order valence-corrected chi connectivity index (χ1v) is 20.5. The van der Waals surface area contributed by atoms with Gasteiger partial charge in [0.1, 0.15) is 0 Å². The van der Waals surface area contributed by atoms with Crippen molar-refractivity contribution >= 4 is 58.0 Å².